The van der Waals surface area contributed by atoms with Crippen LogP contribution in [0.25, 0.3) is 0 Å². The van der Waals surface area contributed by atoms with Crippen molar-refractivity contribution in [1.82, 2.24) is 4.90 Å². The van der Waals surface area contributed by atoms with Gasteiger partial charge in [-0.2, -0.15) is 5.26 Å². The fourth-order valence-electron chi connectivity index (χ4n) is 1.87. The van der Waals surface area contributed by atoms with E-state index < -0.39 is 23.6 Å². The van der Waals surface area contributed by atoms with Crippen molar-refractivity contribution in [3.05, 3.63) is 35.1 Å². The highest BCUT2D eigenvalue weighted by Gasteiger charge is 2.28. The SMILES string of the molecule is CC(C(=O)O)C(C)C(=O)N(C)Cc1cc(C#N)ccc1F. The summed E-state index contributed by atoms with van der Waals surface area (Å²) in [5.41, 5.74) is 0.527. The lowest BCUT2D eigenvalue weighted by Gasteiger charge is -2.23. The average Bonchev–Trinajstić information content (AvgIpc) is 2.46. The van der Waals surface area contributed by atoms with Crippen molar-refractivity contribution in [2.24, 2.45) is 11.8 Å². The molecule has 1 rings (SSSR count). The van der Waals surface area contributed by atoms with E-state index in [1.54, 1.807) is 0 Å². The van der Waals surface area contributed by atoms with Crippen LogP contribution in [-0.2, 0) is 16.1 Å². The molecule has 0 aromatic heterocycles. The Morgan fingerprint density at radius 2 is 2.00 bits per heavy atom. The van der Waals surface area contributed by atoms with E-state index in [9.17, 15) is 14.0 Å². The maximum absolute atomic E-state index is 13.7. The number of carbonyl (C=O) groups is 2. The van der Waals surface area contributed by atoms with E-state index in [1.807, 2.05) is 6.07 Å². The molecule has 1 aromatic rings. The molecule has 1 N–H and O–H groups in total. The Kier molecular flexibility index (Phi) is 5.42. The number of carbonyl (C=O) groups excluding carboxylic acids is 1. The molecule has 0 radical (unpaired) electrons. The number of rotatable bonds is 5. The Balaban J connectivity index is 2.86. The molecule has 0 saturated heterocycles. The highest BCUT2D eigenvalue weighted by atomic mass is 19.1. The second-order valence-corrected chi connectivity index (χ2v) is 5.03. The Morgan fingerprint density at radius 3 is 2.52 bits per heavy atom. The second-order valence-electron chi connectivity index (χ2n) is 5.03. The number of hydrogen-bond acceptors (Lipinski definition) is 3. The van der Waals surface area contributed by atoms with Gasteiger partial charge in [0.05, 0.1) is 17.6 Å². The van der Waals surface area contributed by atoms with Gasteiger partial charge in [0.25, 0.3) is 0 Å². The molecule has 0 aliphatic carbocycles. The number of hydrogen-bond donors (Lipinski definition) is 1. The van der Waals surface area contributed by atoms with Crippen LogP contribution in [0, 0.1) is 29.0 Å². The number of benzene rings is 1. The quantitative estimate of drug-likeness (QED) is 0.900. The fraction of sp³-hybridized carbons (Fsp3) is 0.400. The Bertz CT molecular complexity index is 595. The first kappa shape index (κ1) is 16.6. The topological polar surface area (TPSA) is 81.4 Å². The molecule has 5 nitrogen and oxygen atoms in total. The maximum atomic E-state index is 13.7. The lowest BCUT2D eigenvalue weighted by atomic mass is 9.94. The number of carboxylic acid groups (broad SMARTS) is 1. The lowest BCUT2D eigenvalue weighted by Crippen LogP contribution is -2.36. The summed E-state index contributed by atoms with van der Waals surface area (Å²) in [5, 5.41) is 17.7. The van der Waals surface area contributed by atoms with Gasteiger partial charge in [-0.05, 0) is 18.2 Å². The molecule has 0 bridgehead atoms. The van der Waals surface area contributed by atoms with E-state index in [0.717, 1.165) is 0 Å². The van der Waals surface area contributed by atoms with Crippen molar-refractivity contribution in [3.8, 4) is 6.07 Å². The number of nitrogens with zero attached hydrogens (tertiary/aromatic N) is 2. The minimum atomic E-state index is -1.05. The second kappa shape index (κ2) is 6.84. The van der Waals surface area contributed by atoms with Crippen molar-refractivity contribution in [3.63, 3.8) is 0 Å². The third-order valence-electron chi connectivity index (χ3n) is 3.49. The molecule has 112 valence electrons. The van der Waals surface area contributed by atoms with E-state index >= 15 is 0 Å². The number of amides is 1. The molecule has 0 aliphatic rings. The van der Waals surface area contributed by atoms with Crippen LogP contribution < -0.4 is 0 Å². The molecule has 2 unspecified atom stereocenters. The van der Waals surface area contributed by atoms with E-state index in [-0.39, 0.29) is 18.0 Å². The molecule has 0 heterocycles. The minimum absolute atomic E-state index is 0.0170. The zero-order valence-electron chi connectivity index (χ0n) is 12.1. The van der Waals surface area contributed by atoms with Crippen molar-refractivity contribution in [2.75, 3.05) is 7.05 Å². The fourth-order valence-corrected chi connectivity index (χ4v) is 1.87. The third kappa shape index (κ3) is 4.02. The summed E-state index contributed by atoms with van der Waals surface area (Å²) in [6.07, 6.45) is 0. The smallest absolute Gasteiger partial charge is 0.307 e. The number of aliphatic carboxylic acids is 1. The molecular weight excluding hydrogens is 275 g/mol. The summed E-state index contributed by atoms with van der Waals surface area (Å²) in [6.45, 7) is 2.96. The Hall–Kier alpha value is -2.42. The third-order valence-corrected chi connectivity index (χ3v) is 3.49. The maximum Gasteiger partial charge on any atom is 0.307 e. The summed E-state index contributed by atoms with van der Waals surface area (Å²) in [6, 6.07) is 5.82. The van der Waals surface area contributed by atoms with Gasteiger partial charge >= 0.3 is 5.97 Å². The highest BCUT2D eigenvalue weighted by Crippen LogP contribution is 2.17. The predicted molar refractivity (Wildman–Crippen MR) is 73.6 cm³/mol. The van der Waals surface area contributed by atoms with Crippen molar-refractivity contribution >= 4 is 11.9 Å². The van der Waals surface area contributed by atoms with E-state index in [1.165, 1.54) is 44.0 Å². The van der Waals surface area contributed by atoms with Gasteiger partial charge in [0.1, 0.15) is 5.82 Å². The average molecular weight is 292 g/mol. The van der Waals surface area contributed by atoms with Crippen LogP contribution in [0.2, 0.25) is 0 Å². The molecule has 0 saturated carbocycles. The van der Waals surface area contributed by atoms with Gasteiger partial charge in [0, 0.05) is 25.1 Å². The lowest BCUT2D eigenvalue weighted by molar-refractivity contribution is -0.148. The zero-order valence-corrected chi connectivity index (χ0v) is 12.1. The van der Waals surface area contributed by atoms with Crippen molar-refractivity contribution in [2.45, 2.75) is 20.4 Å². The number of carboxylic acids is 1. The van der Waals surface area contributed by atoms with Gasteiger partial charge in [0.15, 0.2) is 0 Å². The molecular formula is C15H17FN2O3. The molecule has 0 spiro atoms. The van der Waals surface area contributed by atoms with E-state index in [4.69, 9.17) is 10.4 Å². The highest BCUT2D eigenvalue weighted by molar-refractivity contribution is 5.84. The molecule has 0 aliphatic heterocycles. The van der Waals surface area contributed by atoms with Crippen LogP contribution in [0.15, 0.2) is 18.2 Å². The molecule has 0 fully saturated rings. The molecule has 21 heavy (non-hydrogen) atoms. The largest absolute Gasteiger partial charge is 0.481 e. The van der Waals surface area contributed by atoms with E-state index in [2.05, 4.69) is 0 Å². The monoisotopic (exact) mass is 292 g/mol. The Labute approximate surface area is 122 Å². The summed E-state index contributed by atoms with van der Waals surface area (Å²) in [7, 11) is 1.48. The van der Waals surface area contributed by atoms with Crippen molar-refractivity contribution < 1.29 is 19.1 Å². The van der Waals surface area contributed by atoms with Gasteiger partial charge in [0.2, 0.25) is 5.91 Å². The molecule has 1 amide bonds. The molecule has 1 aromatic carbocycles. The summed E-state index contributed by atoms with van der Waals surface area (Å²) in [4.78, 5) is 24.3. The van der Waals surface area contributed by atoms with Crippen LogP contribution in [0.3, 0.4) is 0 Å². The molecule has 2 atom stereocenters. The number of nitriles is 1. The normalized spacial score (nSPS) is 13.1. The number of halogens is 1. The summed E-state index contributed by atoms with van der Waals surface area (Å²) < 4.78 is 13.7. The standard InChI is InChI=1S/C15H17FN2O3/c1-9(10(2)15(20)21)14(19)18(3)8-12-6-11(7-17)4-5-13(12)16/h4-6,9-10H,8H2,1-3H3,(H,20,21). The first-order valence-corrected chi connectivity index (χ1v) is 6.44. The van der Waals surface area contributed by atoms with Crippen LogP contribution in [0.1, 0.15) is 25.0 Å². The van der Waals surface area contributed by atoms with Crippen LogP contribution in [0.5, 0.6) is 0 Å². The van der Waals surface area contributed by atoms with Crippen LogP contribution >= 0.6 is 0 Å². The first-order chi connectivity index (χ1) is 9.77. The molecule has 6 heteroatoms. The minimum Gasteiger partial charge on any atom is -0.481 e. The van der Waals surface area contributed by atoms with Gasteiger partial charge in [-0.1, -0.05) is 13.8 Å². The van der Waals surface area contributed by atoms with Crippen LogP contribution in [0.4, 0.5) is 4.39 Å². The first-order valence-electron chi connectivity index (χ1n) is 6.44. The van der Waals surface area contributed by atoms with Gasteiger partial charge in [-0.15, -0.1) is 0 Å². The van der Waals surface area contributed by atoms with Gasteiger partial charge < -0.3 is 10.0 Å². The summed E-state index contributed by atoms with van der Waals surface area (Å²) >= 11 is 0. The van der Waals surface area contributed by atoms with E-state index in [0.29, 0.717) is 5.56 Å². The van der Waals surface area contributed by atoms with Gasteiger partial charge in [-0.25, -0.2) is 4.39 Å². The zero-order chi connectivity index (χ0) is 16.2. The Morgan fingerprint density at radius 1 is 1.38 bits per heavy atom. The van der Waals surface area contributed by atoms with Crippen molar-refractivity contribution in [1.29, 1.82) is 5.26 Å². The van der Waals surface area contributed by atoms with Crippen LogP contribution in [-0.4, -0.2) is 28.9 Å². The predicted octanol–water partition coefficient (Wildman–Crippen LogP) is 2.01. The van der Waals surface area contributed by atoms with Gasteiger partial charge in [-0.3, -0.25) is 9.59 Å². The summed E-state index contributed by atoms with van der Waals surface area (Å²) in [5.74, 6) is -3.48.